The molecule has 0 atom stereocenters. The number of hydrogen-bond donors (Lipinski definition) is 1. The third-order valence-electron chi connectivity index (χ3n) is 2.87. The number of benzene rings is 2. The maximum atomic E-state index is 13.8. The van der Waals surface area contributed by atoms with Gasteiger partial charge in [-0.05, 0) is 75.0 Å². The second kappa shape index (κ2) is 5.19. The van der Waals surface area contributed by atoms with Gasteiger partial charge in [-0.25, -0.2) is 8.78 Å². The molecule has 0 aliphatic heterocycles. The first-order valence-corrected chi connectivity index (χ1v) is 7.80. The first-order chi connectivity index (χ1) is 9.47. The maximum absolute atomic E-state index is 13.8. The van der Waals surface area contributed by atoms with Crippen LogP contribution in [0.4, 0.5) is 8.78 Å². The van der Waals surface area contributed by atoms with Crippen molar-refractivity contribution in [3.8, 4) is 5.69 Å². The van der Waals surface area contributed by atoms with Gasteiger partial charge in [0.2, 0.25) is 0 Å². The molecule has 7 heteroatoms. The normalized spacial score (nSPS) is 11.2. The molecular formula is C13H6BrF2IN2S. The highest BCUT2D eigenvalue weighted by Gasteiger charge is 2.13. The summed E-state index contributed by atoms with van der Waals surface area (Å²) in [5, 5.41) is 0. The molecule has 20 heavy (non-hydrogen) atoms. The minimum Gasteiger partial charge on any atom is -0.330 e. The zero-order chi connectivity index (χ0) is 14.4. The van der Waals surface area contributed by atoms with Gasteiger partial charge < -0.3 is 4.98 Å². The van der Waals surface area contributed by atoms with Gasteiger partial charge in [0.05, 0.1) is 20.3 Å². The van der Waals surface area contributed by atoms with E-state index in [0.717, 1.165) is 0 Å². The van der Waals surface area contributed by atoms with E-state index in [1.807, 2.05) is 22.6 Å². The van der Waals surface area contributed by atoms with Crippen molar-refractivity contribution in [2.24, 2.45) is 0 Å². The molecule has 102 valence electrons. The molecule has 0 aliphatic rings. The summed E-state index contributed by atoms with van der Waals surface area (Å²) in [5.41, 5.74) is 1.80. The minimum absolute atomic E-state index is 0.339. The number of aromatic amines is 1. The molecule has 0 radical (unpaired) electrons. The third-order valence-corrected chi connectivity index (χ3v) is 4.66. The number of aromatic nitrogens is 2. The quantitative estimate of drug-likeness (QED) is 0.379. The van der Waals surface area contributed by atoms with Crippen LogP contribution in [0, 0.1) is 20.0 Å². The number of rotatable bonds is 1. The number of fused-ring (bicyclic) bond motifs is 1. The predicted molar refractivity (Wildman–Crippen MR) is 88.8 cm³/mol. The highest BCUT2D eigenvalue weighted by molar-refractivity contribution is 14.1. The van der Waals surface area contributed by atoms with Crippen molar-refractivity contribution >= 4 is 61.8 Å². The largest absolute Gasteiger partial charge is 0.330 e. The maximum Gasteiger partial charge on any atom is 0.182 e. The summed E-state index contributed by atoms with van der Waals surface area (Å²) in [6, 6.07) is 7.35. The Morgan fingerprint density at radius 3 is 2.70 bits per heavy atom. The average molecular weight is 467 g/mol. The second-order valence-corrected chi connectivity index (χ2v) is 6.55. The van der Waals surface area contributed by atoms with Crippen LogP contribution < -0.4 is 0 Å². The number of imidazole rings is 1. The smallest absolute Gasteiger partial charge is 0.182 e. The summed E-state index contributed by atoms with van der Waals surface area (Å²) in [6.45, 7) is 0. The molecule has 3 aromatic rings. The molecule has 2 nitrogen and oxygen atoms in total. The van der Waals surface area contributed by atoms with Gasteiger partial charge in [-0.3, -0.25) is 4.57 Å². The standard InChI is InChI=1S/C13H6BrF2IN2S/c14-7-2-1-6(15)3-11(7)19-12-4-8(16)9(17)5-10(12)18-13(19)20/h1-5H,(H,18,20). The van der Waals surface area contributed by atoms with E-state index in [1.54, 1.807) is 16.7 Å². The van der Waals surface area contributed by atoms with Gasteiger partial charge in [-0.1, -0.05) is 0 Å². The van der Waals surface area contributed by atoms with Crippen molar-refractivity contribution in [1.82, 2.24) is 9.55 Å². The van der Waals surface area contributed by atoms with Crippen molar-refractivity contribution in [2.75, 3.05) is 0 Å². The Kier molecular flexibility index (Phi) is 3.67. The first-order valence-electron chi connectivity index (χ1n) is 5.52. The molecule has 0 unspecified atom stereocenters. The second-order valence-electron chi connectivity index (χ2n) is 4.14. The Morgan fingerprint density at radius 2 is 1.95 bits per heavy atom. The van der Waals surface area contributed by atoms with E-state index in [-0.39, 0.29) is 11.6 Å². The van der Waals surface area contributed by atoms with Crippen LogP contribution in [-0.4, -0.2) is 9.55 Å². The topological polar surface area (TPSA) is 20.7 Å². The molecule has 2 aromatic carbocycles. The Balaban J connectivity index is 2.42. The molecule has 0 saturated carbocycles. The molecule has 0 aliphatic carbocycles. The van der Waals surface area contributed by atoms with E-state index in [9.17, 15) is 8.78 Å². The Morgan fingerprint density at radius 1 is 1.20 bits per heavy atom. The zero-order valence-electron chi connectivity index (χ0n) is 9.75. The highest BCUT2D eigenvalue weighted by Crippen LogP contribution is 2.28. The number of nitrogens with zero attached hydrogens (tertiary/aromatic N) is 1. The molecule has 0 spiro atoms. The molecule has 1 aromatic heterocycles. The van der Waals surface area contributed by atoms with E-state index in [2.05, 4.69) is 20.9 Å². The SMILES string of the molecule is Fc1ccc(Br)c(-n2c(=S)[nH]c3cc(I)c(F)cc32)c1. The zero-order valence-corrected chi connectivity index (χ0v) is 14.3. The van der Waals surface area contributed by atoms with Gasteiger partial charge in [0, 0.05) is 10.5 Å². The van der Waals surface area contributed by atoms with Crippen LogP contribution in [0.15, 0.2) is 34.8 Å². The fourth-order valence-corrected chi connectivity index (χ4v) is 3.20. The summed E-state index contributed by atoms with van der Waals surface area (Å²) in [7, 11) is 0. The van der Waals surface area contributed by atoms with Gasteiger partial charge in [-0.15, -0.1) is 0 Å². The van der Waals surface area contributed by atoms with E-state index in [4.69, 9.17) is 12.2 Å². The van der Waals surface area contributed by atoms with Crippen LogP contribution in [-0.2, 0) is 0 Å². The Hall–Kier alpha value is -0.800. The average Bonchev–Trinajstić information content (AvgIpc) is 2.69. The molecular weight excluding hydrogens is 461 g/mol. The Labute approximate surface area is 140 Å². The van der Waals surface area contributed by atoms with Crippen LogP contribution in [0.1, 0.15) is 0 Å². The summed E-state index contributed by atoms with van der Waals surface area (Å²) >= 11 is 10.5. The third kappa shape index (κ3) is 2.31. The lowest BCUT2D eigenvalue weighted by Crippen LogP contribution is -1.97. The molecule has 0 amide bonds. The molecule has 1 heterocycles. The minimum atomic E-state index is -0.384. The number of halogens is 4. The van der Waals surface area contributed by atoms with Gasteiger partial charge in [0.15, 0.2) is 4.77 Å². The monoisotopic (exact) mass is 466 g/mol. The van der Waals surface area contributed by atoms with Gasteiger partial charge in [0.1, 0.15) is 11.6 Å². The summed E-state index contributed by atoms with van der Waals surface area (Å²) in [5.74, 6) is -0.723. The van der Waals surface area contributed by atoms with Crippen LogP contribution in [0.5, 0.6) is 0 Å². The Bertz CT molecular complexity index is 888. The molecule has 0 fully saturated rings. The molecule has 1 N–H and O–H groups in total. The lowest BCUT2D eigenvalue weighted by atomic mass is 10.2. The fraction of sp³-hybridized carbons (Fsp3) is 0. The van der Waals surface area contributed by atoms with E-state index in [1.165, 1.54) is 18.2 Å². The van der Waals surface area contributed by atoms with Crippen molar-refractivity contribution < 1.29 is 8.78 Å². The lowest BCUT2D eigenvalue weighted by molar-refractivity contribution is 0.621. The molecule has 3 rings (SSSR count). The van der Waals surface area contributed by atoms with Crippen molar-refractivity contribution in [3.05, 3.63) is 54.8 Å². The fourth-order valence-electron chi connectivity index (χ4n) is 2.00. The predicted octanol–water partition coefficient (Wildman–Crippen LogP) is 5.33. The van der Waals surface area contributed by atoms with Gasteiger partial charge in [-0.2, -0.15) is 0 Å². The first kappa shape index (κ1) is 14.2. The molecule has 0 saturated heterocycles. The van der Waals surface area contributed by atoms with Gasteiger partial charge >= 0.3 is 0 Å². The highest BCUT2D eigenvalue weighted by atomic mass is 127. The number of nitrogens with one attached hydrogen (secondary N) is 1. The summed E-state index contributed by atoms with van der Waals surface area (Å²) in [4.78, 5) is 3.00. The van der Waals surface area contributed by atoms with Crippen LogP contribution >= 0.6 is 50.7 Å². The van der Waals surface area contributed by atoms with Crippen LogP contribution in [0.2, 0.25) is 0 Å². The summed E-state index contributed by atoms with van der Waals surface area (Å²) in [6.07, 6.45) is 0. The van der Waals surface area contributed by atoms with E-state index < -0.39 is 0 Å². The van der Waals surface area contributed by atoms with Crippen molar-refractivity contribution in [1.29, 1.82) is 0 Å². The van der Waals surface area contributed by atoms with E-state index >= 15 is 0 Å². The number of hydrogen-bond acceptors (Lipinski definition) is 1. The van der Waals surface area contributed by atoms with Gasteiger partial charge in [0.25, 0.3) is 0 Å². The number of H-pyrrole nitrogens is 1. The van der Waals surface area contributed by atoms with Crippen molar-refractivity contribution in [2.45, 2.75) is 0 Å². The van der Waals surface area contributed by atoms with Crippen LogP contribution in [0.25, 0.3) is 16.7 Å². The molecule has 0 bridgehead atoms. The van der Waals surface area contributed by atoms with E-state index in [0.29, 0.717) is 29.5 Å². The van der Waals surface area contributed by atoms with Crippen molar-refractivity contribution in [3.63, 3.8) is 0 Å². The lowest BCUT2D eigenvalue weighted by Gasteiger charge is -2.07. The summed E-state index contributed by atoms with van der Waals surface area (Å²) < 4.78 is 30.4. The van der Waals surface area contributed by atoms with Crippen LogP contribution in [0.3, 0.4) is 0 Å².